The SMILES string of the molecule is Cc1nc(NN)cc(N2CCN(CCO)CC2)n1. The number of hydrazine groups is 1. The van der Waals surface area contributed by atoms with E-state index in [2.05, 4.69) is 25.2 Å². The highest BCUT2D eigenvalue weighted by molar-refractivity contribution is 5.49. The maximum atomic E-state index is 8.91. The summed E-state index contributed by atoms with van der Waals surface area (Å²) in [6.45, 7) is 6.50. The molecule has 1 aliphatic rings. The van der Waals surface area contributed by atoms with Crippen LogP contribution in [0.25, 0.3) is 0 Å². The molecule has 18 heavy (non-hydrogen) atoms. The molecule has 1 saturated heterocycles. The van der Waals surface area contributed by atoms with E-state index in [1.165, 1.54) is 0 Å². The third-order valence-corrected chi connectivity index (χ3v) is 3.08. The quantitative estimate of drug-likeness (QED) is 0.476. The van der Waals surface area contributed by atoms with Crippen LogP contribution >= 0.6 is 0 Å². The molecule has 1 aromatic rings. The van der Waals surface area contributed by atoms with Crippen LogP contribution in [0.2, 0.25) is 0 Å². The lowest BCUT2D eigenvalue weighted by Gasteiger charge is -2.35. The summed E-state index contributed by atoms with van der Waals surface area (Å²) < 4.78 is 0. The lowest BCUT2D eigenvalue weighted by Crippen LogP contribution is -2.47. The van der Waals surface area contributed by atoms with Crippen LogP contribution in [0.15, 0.2) is 6.07 Å². The Bertz CT molecular complexity index is 391. The van der Waals surface area contributed by atoms with Gasteiger partial charge in [0.05, 0.1) is 6.61 Å². The fourth-order valence-corrected chi connectivity index (χ4v) is 2.13. The molecule has 0 unspecified atom stereocenters. The Balaban J connectivity index is 2.02. The zero-order valence-electron chi connectivity index (χ0n) is 10.6. The summed E-state index contributed by atoms with van der Waals surface area (Å²) >= 11 is 0. The molecule has 100 valence electrons. The molecule has 0 amide bonds. The van der Waals surface area contributed by atoms with Crippen molar-refractivity contribution in [1.82, 2.24) is 14.9 Å². The molecule has 2 rings (SSSR count). The van der Waals surface area contributed by atoms with Crippen LogP contribution in [0.5, 0.6) is 0 Å². The van der Waals surface area contributed by atoms with Gasteiger partial charge in [0.1, 0.15) is 17.5 Å². The molecular formula is C11H20N6O. The van der Waals surface area contributed by atoms with E-state index in [0.29, 0.717) is 11.6 Å². The van der Waals surface area contributed by atoms with Gasteiger partial charge in [-0.3, -0.25) is 4.90 Å². The number of nitrogen functional groups attached to an aromatic ring is 1. The Morgan fingerprint density at radius 3 is 2.67 bits per heavy atom. The van der Waals surface area contributed by atoms with Crippen molar-refractivity contribution in [3.8, 4) is 0 Å². The van der Waals surface area contributed by atoms with Crippen LogP contribution in [0, 0.1) is 6.92 Å². The van der Waals surface area contributed by atoms with Crippen molar-refractivity contribution in [1.29, 1.82) is 0 Å². The average Bonchev–Trinajstić information content (AvgIpc) is 2.39. The van der Waals surface area contributed by atoms with Gasteiger partial charge < -0.3 is 15.4 Å². The lowest BCUT2D eigenvalue weighted by molar-refractivity contribution is 0.188. The maximum absolute atomic E-state index is 8.91. The first kappa shape index (κ1) is 13.0. The molecule has 1 aliphatic heterocycles. The Kier molecular flexibility index (Phi) is 4.29. The molecule has 0 spiro atoms. The van der Waals surface area contributed by atoms with Gasteiger partial charge in [0, 0.05) is 38.8 Å². The predicted octanol–water partition coefficient (Wildman–Crippen LogP) is -0.815. The molecule has 0 atom stereocenters. The van der Waals surface area contributed by atoms with E-state index in [0.717, 1.165) is 38.5 Å². The van der Waals surface area contributed by atoms with Gasteiger partial charge in [-0.1, -0.05) is 0 Å². The van der Waals surface area contributed by atoms with E-state index < -0.39 is 0 Å². The highest BCUT2D eigenvalue weighted by Crippen LogP contribution is 2.16. The second-order valence-electron chi connectivity index (χ2n) is 4.36. The molecule has 4 N–H and O–H groups in total. The molecule has 0 aromatic carbocycles. The summed E-state index contributed by atoms with van der Waals surface area (Å²) in [5.41, 5.74) is 2.56. The second kappa shape index (κ2) is 5.94. The number of aryl methyl sites for hydroxylation is 1. The Labute approximate surface area is 107 Å². The normalized spacial score (nSPS) is 16.9. The summed E-state index contributed by atoms with van der Waals surface area (Å²) in [6.07, 6.45) is 0. The number of aliphatic hydroxyl groups is 1. The molecular weight excluding hydrogens is 232 g/mol. The van der Waals surface area contributed by atoms with E-state index in [4.69, 9.17) is 10.9 Å². The zero-order valence-corrected chi connectivity index (χ0v) is 10.6. The van der Waals surface area contributed by atoms with Crippen LogP contribution in [-0.2, 0) is 0 Å². The molecule has 0 saturated carbocycles. The standard InChI is InChI=1S/C11H20N6O/c1-9-13-10(15-12)8-11(14-9)17-4-2-16(3-5-17)6-7-18/h8,18H,2-7,12H2,1H3,(H,13,14,15). The van der Waals surface area contributed by atoms with Gasteiger partial charge in [-0.15, -0.1) is 0 Å². The van der Waals surface area contributed by atoms with E-state index in [9.17, 15) is 0 Å². The van der Waals surface area contributed by atoms with Crippen LogP contribution in [-0.4, -0.2) is 59.3 Å². The second-order valence-corrected chi connectivity index (χ2v) is 4.36. The van der Waals surface area contributed by atoms with Gasteiger partial charge in [0.15, 0.2) is 0 Å². The maximum Gasteiger partial charge on any atom is 0.145 e. The minimum absolute atomic E-state index is 0.216. The summed E-state index contributed by atoms with van der Waals surface area (Å²) in [7, 11) is 0. The van der Waals surface area contributed by atoms with Crippen molar-refractivity contribution in [2.75, 3.05) is 49.7 Å². The monoisotopic (exact) mass is 252 g/mol. The van der Waals surface area contributed by atoms with Gasteiger partial charge in [-0.25, -0.2) is 15.8 Å². The number of nitrogens with zero attached hydrogens (tertiary/aromatic N) is 4. The molecule has 1 aromatic heterocycles. The highest BCUT2D eigenvalue weighted by atomic mass is 16.3. The van der Waals surface area contributed by atoms with Gasteiger partial charge in [-0.2, -0.15) is 0 Å². The fraction of sp³-hybridized carbons (Fsp3) is 0.636. The third kappa shape index (κ3) is 3.06. The molecule has 7 nitrogen and oxygen atoms in total. The van der Waals surface area contributed by atoms with Crippen molar-refractivity contribution in [2.24, 2.45) is 5.84 Å². The number of anilines is 2. The molecule has 2 heterocycles. The van der Waals surface area contributed by atoms with Gasteiger partial charge in [0.2, 0.25) is 0 Å². The van der Waals surface area contributed by atoms with Gasteiger partial charge in [-0.05, 0) is 6.92 Å². The Hall–Kier alpha value is -1.44. The first-order valence-corrected chi connectivity index (χ1v) is 6.13. The van der Waals surface area contributed by atoms with E-state index in [-0.39, 0.29) is 6.61 Å². The van der Waals surface area contributed by atoms with Crippen molar-refractivity contribution in [2.45, 2.75) is 6.92 Å². The number of hydrogen-bond acceptors (Lipinski definition) is 7. The average molecular weight is 252 g/mol. The molecule has 0 bridgehead atoms. The number of rotatable bonds is 4. The predicted molar refractivity (Wildman–Crippen MR) is 70.3 cm³/mol. The fourth-order valence-electron chi connectivity index (χ4n) is 2.13. The summed E-state index contributed by atoms with van der Waals surface area (Å²) in [5.74, 6) is 7.63. The summed E-state index contributed by atoms with van der Waals surface area (Å²) in [6, 6.07) is 1.86. The van der Waals surface area contributed by atoms with Crippen LogP contribution in [0.4, 0.5) is 11.6 Å². The number of hydrogen-bond donors (Lipinski definition) is 3. The lowest BCUT2D eigenvalue weighted by atomic mass is 10.3. The zero-order chi connectivity index (χ0) is 13.0. The molecule has 7 heteroatoms. The third-order valence-electron chi connectivity index (χ3n) is 3.08. The van der Waals surface area contributed by atoms with Crippen LogP contribution < -0.4 is 16.2 Å². The van der Waals surface area contributed by atoms with E-state index >= 15 is 0 Å². The van der Waals surface area contributed by atoms with Crippen molar-refractivity contribution in [3.05, 3.63) is 11.9 Å². The molecule has 0 aliphatic carbocycles. The number of nitrogens with one attached hydrogen (secondary N) is 1. The van der Waals surface area contributed by atoms with Crippen molar-refractivity contribution >= 4 is 11.6 Å². The van der Waals surface area contributed by atoms with Gasteiger partial charge in [0.25, 0.3) is 0 Å². The van der Waals surface area contributed by atoms with E-state index in [1.54, 1.807) is 0 Å². The van der Waals surface area contributed by atoms with Gasteiger partial charge >= 0.3 is 0 Å². The first-order chi connectivity index (χ1) is 8.72. The number of aliphatic hydroxyl groups excluding tert-OH is 1. The van der Waals surface area contributed by atoms with E-state index in [1.807, 2.05) is 13.0 Å². The van der Waals surface area contributed by atoms with Crippen LogP contribution in [0.1, 0.15) is 5.82 Å². The van der Waals surface area contributed by atoms with Crippen LogP contribution in [0.3, 0.4) is 0 Å². The smallest absolute Gasteiger partial charge is 0.145 e. The largest absolute Gasteiger partial charge is 0.395 e. The molecule has 1 fully saturated rings. The van der Waals surface area contributed by atoms with Crippen molar-refractivity contribution < 1.29 is 5.11 Å². The topological polar surface area (TPSA) is 90.5 Å². The molecule has 0 radical (unpaired) electrons. The number of nitrogens with two attached hydrogens (primary N) is 1. The first-order valence-electron chi connectivity index (χ1n) is 6.13. The van der Waals surface area contributed by atoms with Crippen molar-refractivity contribution in [3.63, 3.8) is 0 Å². The minimum atomic E-state index is 0.216. The number of aromatic nitrogens is 2. The number of piperazine rings is 1. The Morgan fingerprint density at radius 2 is 2.06 bits per heavy atom. The minimum Gasteiger partial charge on any atom is -0.395 e. The summed E-state index contributed by atoms with van der Waals surface area (Å²) in [5, 5.41) is 8.91. The number of β-amino-alcohol motifs (C(OH)–C–C–N with tert-alkyl or cyclic N) is 1. The summed E-state index contributed by atoms with van der Waals surface area (Å²) in [4.78, 5) is 13.1. The highest BCUT2D eigenvalue weighted by Gasteiger charge is 2.18. The Morgan fingerprint density at radius 1 is 1.33 bits per heavy atom.